The fraction of sp³-hybridized carbons (Fsp3) is 0.222. The first-order valence-electron chi connectivity index (χ1n) is 7.07. The molecule has 0 aliphatic rings. The van der Waals surface area contributed by atoms with Gasteiger partial charge in [-0.15, -0.1) is 0 Å². The van der Waals surface area contributed by atoms with Crippen LogP contribution in [0.25, 0.3) is 22.1 Å². The van der Waals surface area contributed by atoms with Gasteiger partial charge in [0, 0.05) is 5.56 Å². The average Bonchev–Trinajstić information content (AvgIpc) is 2.94. The summed E-state index contributed by atoms with van der Waals surface area (Å²) in [7, 11) is 0. The second kappa shape index (κ2) is 5.51. The van der Waals surface area contributed by atoms with Crippen molar-refractivity contribution in [3.05, 3.63) is 59.9 Å². The molecule has 102 valence electrons. The maximum Gasteiger partial charge on any atom is 0.134 e. The van der Waals surface area contributed by atoms with Crippen molar-refractivity contribution >= 4 is 10.8 Å². The molecule has 0 aliphatic heterocycles. The summed E-state index contributed by atoms with van der Waals surface area (Å²) >= 11 is 0. The Bertz CT molecular complexity index is 727. The van der Waals surface area contributed by atoms with Crippen molar-refractivity contribution in [3.63, 3.8) is 0 Å². The molecule has 1 heterocycles. The molecule has 0 saturated heterocycles. The highest BCUT2D eigenvalue weighted by molar-refractivity contribution is 5.97. The zero-order valence-electron chi connectivity index (χ0n) is 11.9. The molecule has 0 aliphatic carbocycles. The number of rotatable bonds is 4. The molecule has 2 nitrogen and oxygen atoms in total. The van der Waals surface area contributed by atoms with Crippen molar-refractivity contribution in [2.75, 3.05) is 6.54 Å². The van der Waals surface area contributed by atoms with E-state index >= 15 is 0 Å². The second-order valence-corrected chi connectivity index (χ2v) is 5.02. The zero-order chi connectivity index (χ0) is 13.9. The maximum absolute atomic E-state index is 5.96. The smallest absolute Gasteiger partial charge is 0.134 e. The summed E-state index contributed by atoms with van der Waals surface area (Å²) in [4.78, 5) is 0. The quantitative estimate of drug-likeness (QED) is 0.750. The zero-order valence-corrected chi connectivity index (χ0v) is 11.9. The normalized spacial score (nSPS) is 11.1. The predicted octanol–water partition coefficient (Wildman–Crippen LogP) is 4.52. The standard InChI is InChI=1S/C18H19NO/c1-3-19-12-14-9-11-18(20-14)17-10-8-13(2)15-6-4-5-7-16(15)17/h4-11,19H,3,12H2,1-2H3. The first kappa shape index (κ1) is 12.9. The van der Waals surface area contributed by atoms with E-state index in [4.69, 9.17) is 4.42 Å². The minimum Gasteiger partial charge on any atom is -0.460 e. The molecule has 1 N–H and O–H groups in total. The lowest BCUT2D eigenvalue weighted by atomic mass is 9.99. The molecule has 0 atom stereocenters. The van der Waals surface area contributed by atoms with Gasteiger partial charge in [0.05, 0.1) is 6.54 Å². The average molecular weight is 265 g/mol. The first-order valence-corrected chi connectivity index (χ1v) is 7.07. The molecule has 0 fully saturated rings. The topological polar surface area (TPSA) is 25.2 Å². The molecular formula is C18H19NO. The van der Waals surface area contributed by atoms with Crippen molar-refractivity contribution in [3.8, 4) is 11.3 Å². The van der Waals surface area contributed by atoms with Crippen LogP contribution in [-0.4, -0.2) is 6.54 Å². The Kier molecular flexibility index (Phi) is 3.57. The van der Waals surface area contributed by atoms with Crippen LogP contribution >= 0.6 is 0 Å². The lowest BCUT2D eigenvalue weighted by Gasteiger charge is -2.07. The lowest BCUT2D eigenvalue weighted by Crippen LogP contribution is -2.10. The highest BCUT2D eigenvalue weighted by Crippen LogP contribution is 2.31. The van der Waals surface area contributed by atoms with Crippen LogP contribution in [0.2, 0.25) is 0 Å². The first-order chi connectivity index (χ1) is 9.79. The van der Waals surface area contributed by atoms with Crippen LogP contribution in [0.3, 0.4) is 0 Å². The molecule has 0 bridgehead atoms. The van der Waals surface area contributed by atoms with Crippen molar-refractivity contribution in [2.45, 2.75) is 20.4 Å². The van der Waals surface area contributed by atoms with E-state index in [2.05, 4.69) is 61.6 Å². The molecule has 0 spiro atoms. The third kappa shape index (κ3) is 2.35. The Hall–Kier alpha value is -2.06. The van der Waals surface area contributed by atoms with Crippen LogP contribution in [0, 0.1) is 6.92 Å². The van der Waals surface area contributed by atoms with Gasteiger partial charge in [0.1, 0.15) is 11.5 Å². The largest absolute Gasteiger partial charge is 0.460 e. The van der Waals surface area contributed by atoms with E-state index in [-0.39, 0.29) is 0 Å². The molecule has 3 aromatic rings. The van der Waals surface area contributed by atoms with Crippen LogP contribution < -0.4 is 5.32 Å². The van der Waals surface area contributed by atoms with Gasteiger partial charge < -0.3 is 9.73 Å². The summed E-state index contributed by atoms with van der Waals surface area (Å²) in [5, 5.41) is 5.82. The maximum atomic E-state index is 5.96. The van der Waals surface area contributed by atoms with E-state index in [9.17, 15) is 0 Å². The number of benzene rings is 2. The number of hydrogen-bond acceptors (Lipinski definition) is 2. The van der Waals surface area contributed by atoms with E-state index in [1.165, 1.54) is 16.3 Å². The summed E-state index contributed by atoms with van der Waals surface area (Å²) in [6.45, 7) is 5.96. The Morgan fingerprint density at radius 1 is 0.950 bits per heavy atom. The number of furan rings is 1. The molecule has 0 radical (unpaired) electrons. The minimum atomic E-state index is 0.778. The van der Waals surface area contributed by atoms with Crippen LogP contribution in [0.5, 0.6) is 0 Å². The molecule has 20 heavy (non-hydrogen) atoms. The van der Waals surface area contributed by atoms with Gasteiger partial charge in [-0.3, -0.25) is 0 Å². The molecule has 1 aromatic heterocycles. The molecule has 0 unspecified atom stereocenters. The molecule has 2 aromatic carbocycles. The monoisotopic (exact) mass is 265 g/mol. The molecule has 3 rings (SSSR count). The number of nitrogens with one attached hydrogen (secondary N) is 1. The molecule has 2 heteroatoms. The van der Waals surface area contributed by atoms with Crippen molar-refractivity contribution in [1.82, 2.24) is 5.32 Å². The van der Waals surface area contributed by atoms with Gasteiger partial charge >= 0.3 is 0 Å². The third-order valence-corrected chi connectivity index (χ3v) is 3.62. The third-order valence-electron chi connectivity index (χ3n) is 3.62. The number of fused-ring (bicyclic) bond motifs is 1. The van der Waals surface area contributed by atoms with Crippen molar-refractivity contribution in [2.24, 2.45) is 0 Å². The Balaban J connectivity index is 2.06. The summed E-state index contributed by atoms with van der Waals surface area (Å²) < 4.78 is 5.96. The van der Waals surface area contributed by atoms with Gasteiger partial charge in [0.15, 0.2) is 0 Å². The van der Waals surface area contributed by atoms with Crippen LogP contribution in [-0.2, 0) is 6.54 Å². The van der Waals surface area contributed by atoms with E-state index in [1.54, 1.807) is 0 Å². The van der Waals surface area contributed by atoms with Crippen molar-refractivity contribution < 1.29 is 4.42 Å². The van der Waals surface area contributed by atoms with Gasteiger partial charge in [0.2, 0.25) is 0 Å². The summed E-state index contributed by atoms with van der Waals surface area (Å²) in [5.41, 5.74) is 2.46. The molecular weight excluding hydrogens is 246 g/mol. The van der Waals surface area contributed by atoms with E-state index in [0.717, 1.165) is 30.2 Å². The Labute approximate surface area is 119 Å². The fourth-order valence-corrected chi connectivity index (χ4v) is 2.53. The van der Waals surface area contributed by atoms with Gasteiger partial charge in [-0.25, -0.2) is 0 Å². The Morgan fingerprint density at radius 2 is 1.75 bits per heavy atom. The number of aryl methyl sites for hydroxylation is 1. The SMILES string of the molecule is CCNCc1ccc(-c2ccc(C)c3ccccc23)o1. The van der Waals surface area contributed by atoms with Gasteiger partial charge in [-0.1, -0.05) is 43.3 Å². The molecule has 0 amide bonds. The predicted molar refractivity (Wildman–Crippen MR) is 83.8 cm³/mol. The highest BCUT2D eigenvalue weighted by atomic mass is 16.3. The molecule has 0 saturated carbocycles. The van der Waals surface area contributed by atoms with E-state index < -0.39 is 0 Å². The van der Waals surface area contributed by atoms with Crippen LogP contribution in [0.1, 0.15) is 18.2 Å². The fourth-order valence-electron chi connectivity index (χ4n) is 2.53. The van der Waals surface area contributed by atoms with Crippen molar-refractivity contribution in [1.29, 1.82) is 0 Å². The van der Waals surface area contributed by atoms with E-state index in [1.807, 2.05) is 6.07 Å². The van der Waals surface area contributed by atoms with Gasteiger partial charge in [-0.05, 0) is 41.9 Å². The van der Waals surface area contributed by atoms with Crippen LogP contribution in [0.4, 0.5) is 0 Å². The summed E-state index contributed by atoms with van der Waals surface area (Å²) in [5.74, 6) is 1.92. The van der Waals surface area contributed by atoms with Crippen LogP contribution in [0.15, 0.2) is 52.9 Å². The lowest BCUT2D eigenvalue weighted by molar-refractivity contribution is 0.499. The van der Waals surface area contributed by atoms with Gasteiger partial charge in [0.25, 0.3) is 0 Å². The highest BCUT2D eigenvalue weighted by Gasteiger charge is 2.09. The minimum absolute atomic E-state index is 0.778. The second-order valence-electron chi connectivity index (χ2n) is 5.02. The summed E-state index contributed by atoms with van der Waals surface area (Å²) in [6.07, 6.45) is 0. The summed E-state index contributed by atoms with van der Waals surface area (Å²) in [6, 6.07) is 16.9. The van der Waals surface area contributed by atoms with Gasteiger partial charge in [-0.2, -0.15) is 0 Å². The number of hydrogen-bond donors (Lipinski definition) is 1. The van der Waals surface area contributed by atoms with E-state index in [0.29, 0.717) is 0 Å². The Morgan fingerprint density at radius 3 is 2.55 bits per heavy atom.